The summed E-state index contributed by atoms with van der Waals surface area (Å²) in [5, 5.41) is 3.24. The van der Waals surface area contributed by atoms with Crippen molar-refractivity contribution in [3.63, 3.8) is 0 Å². The Morgan fingerprint density at radius 1 is 1.37 bits per heavy atom. The molecule has 7 nitrogen and oxygen atoms in total. The summed E-state index contributed by atoms with van der Waals surface area (Å²) in [4.78, 5) is 38.9. The van der Waals surface area contributed by atoms with Crippen molar-refractivity contribution in [2.45, 2.75) is 6.92 Å². The van der Waals surface area contributed by atoms with Gasteiger partial charge in [0.05, 0.1) is 30.0 Å². The van der Waals surface area contributed by atoms with Crippen LogP contribution >= 0.6 is 11.8 Å². The fourth-order valence-electron chi connectivity index (χ4n) is 2.38. The zero-order chi connectivity index (χ0) is 19.8. The second kappa shape index (κ2) is 10.1. The predicted octanol–water partition coefficient (Wildman–Crippen LogP) is 1.68. The Hall–Kier alpha value is -2.39. The first kappa shape index (κ1) is 20.9. The van der Waals surface area contributed by atoms with Gasteiger partial charge in [-0.25, -0.2) is 9.18 Å². The number of benzene rings is 1. The fourth-order valence-corrected chi connectivity index (χ4v) is 3.34. The van der Waals surface area contributed by atoms with Crippen LogP contribution in [0.15, 0.2) is 35.4 Å². The van der Waals surface area contributed by atoms with Crippen molar-refractivity contribution >= 4 is 35.2 Å². The van der Waals surface area contributed by atoms with Crippen LogP contribution in [0.3, 0.4) is 0 Å². The van der Waals surface area contributed by atoms with Crippen molar-refractivity contribution in [2.75, 3.05) is 44.4 Å². The molecule has 0 aliphatic carbocycles. The third-order valence-corrected chi connectivity index (χ3v) is 4.71. The lowest BCUT2D eigenvalue weighted by molar-refractivity contribution is -0.137. The molecule has 2 amide bonds. The minimum absolute atomic E-state index is 0.0836. The first-order chi connectivity index (χ1) is 12.9. The van der Waals surface area contributed by atoms with E-state index in [1.807, 2.05) is 0 Å². The van der Waals surface area contributed by atoms with Crippen LogP contribution in [0.2, 0.25) is 0 Å². The number of nitrogens with one attached hydrogen (secondary N) is 1. The van der Waals surface area contributed by atoms with Crippen LogP contribution < -0.4 is 5.32 Å². The number of halogens is 1. The molecule has 146 valence electrons. The van der Waals surface area contributed by atoms with Gasteiger partial charge in [-0.05, 0) is 38.2 Å². The van der Waals surface area contributed by atoms with E-state index >= 15 is 0 Å². The number of rotatable bonds is 8. The summed E-state index contributed by atoms with van der Waals surface area (Å²) in [5.41, 5.74) is 0.514. The Balaban J connectivity index is 1.83. The molecular weight excluding hydrogens is 373 g/mol. The predicted molar refractivity (Wildman–Crippen MR) is 101 cm³/mol. The number of hydrogen-bond donors (Lipinski definition) is 1. The van der Waals surface area contributed by atoms with E-state index in [2.05, 4.69) is 5.32 Å². The van der Waals surface area contributed by atoms with Crippen LogP contribution in [0, 0.1) is 5.82 Å². The average molecular weight is 395 g/mol. The largest absolute Gasteiger partial charge is 0.463 e. The van der Waals surface area contributed by atoms with Gasteiger partial charge >= 0.3 is 5.97 Å². The van der Waals surface area contributed by atoms with E-state index in [4.69, 9.17) is 4.74 Å². The summed E-state index contributed by atoms with van der Waals surface area (Å²) >= 11 is 1.29. The molecule has 0 unspecified atom stereocenters. The number of ether oxygens (including phenoxy) is 1. The average Bonchev–Trinajstić information content (AvgIpc) is 2.95. The summed E-state index contributed by atoms with van der Waals surface area (Å²) < 4.78 is 17.8. The highest BCUT2D eigenvalue weighted by Crippen LogP contribution is 2.28. The summed E-state index contributed by atoms with van der Waals surface area (Å²) in [5.74, 6) is -0.898. The maximum Gasteiger partial charge on any atom is 0.333 e. The van der Waals surface area contributed by atoms with Gasteiger partial charge in [0.2, 0.25) is 11.8 Å². The lowest BCUT2D eigenvalue weighted by Crippen LogP contribution is -2.37. The smallest absolute Gasteiger partial charge is 0.333 e. The summed E-state index contributed by atoms with van der Waals surface area (Å²) in [7, 11) is 1.76. The van der Waals surface area contributed by atoms with Crippen molar-refractivity contribution in [1.29, 1.82) is 0 Å². The molecule has 1 fully saturated rings. The minimum atomic E-state index is -0.480. The third-order valence-electron chi connectivity index (χ3n) is 3.69. The molecule has 0 aromatic heterocycles. The molecule has 1 aromatic carbocycles. The van der Waals surface area contributed by atoms with Crippen LogP contribution in [-0.2, 0) is 19.1 Å². The van der Waals surface area contributed by atoms with E-state index in [9.17, 15) is 18.8 Å². The monoisotopic (exact) mass is 395 g/mol. The number of likely N-dealkylation sites (N-methyl/N-ethyl adjacent to an activating group) is 1. The zero-order valence-corrected chi connectivity index (χ0v) is 16.1. The van der Waals surface area contributed by atoms with Crippen molar-refractivity contribution in [3.05, 3.63) is 41.2 Å². The maximum absolute atomic E-state index is 12.9. The first-order valence-electron chi connectivity index (χ1n) is 8.44. The van der Waals surface area contributed by atoms with Crippen LogP contribution in [0.25, 0.3) is 0 Å². The molecule has 1 saturated heterocycles. The van der Waals surface area contributed by atoms with Gasteiger partial charge in [0.25, 0.3) is 0 Å². The first-order valence-corrected chi connectivity index (χ1v) is 9.43. The van der Waals surface area contributed by atoms with E-state index in [0.717, 1.165) is 0 Å². The molecule has 0 spiro atoms. The van der Waals surface area contributed by atoms with E-state index < -0.39 is 5.97 Å². The molecule has 1 aliphatic rings. The standard InChI is InChI=1S/C18H22FN3O4S/c1-3-26-18(25)10-17-22(16(24)12-27-17)9-8-21(2)11-15(23)20-14-6-4-13(19)5-7-14/h4-7,10H,3,8-9,11-12H2,1-2H3,(H,20,23)/b17-10-. The lowest BCUT2D eigenvalue weighted by atomic mass is 10.3. The van der Waals surface area contributed by atoms with E-state index in [1.54, 1.807) is 18.9 Å². The van der Waals surface area contributed by atoms with Crippen LogP contribution in [-0.4, -0.2) is 66.6 Å². The Bertz CT molecular complexity index is 724. The number of thioether (sulfide) groups is 1. The number of amides is 2. The van der Waals surface area contributed by atoms with E-state index in [1.165, 1.54) is 47.0 Å². The Morgan fingerprint density at radius 3 is 2.74 bits per heavy atom. The molecule has 0 atom stereocenters. The number of carbonyl (C=O) groups excluding carboxylic acids is 3. The molecule has 0 bridgehead atoms. The van der Waals surface area contributed by atoms with Crippen molar-refractivity contribution in [2.24, 2.45) is 0 Å². The number of hydrogen-bond acceptors (Lipinski definition) is 6. The van der Waals surface area contributed by atoms with Gasteiger partial charge in [0.1, 0.15) is 5.82 Å². The third kappa shape index (κ3) is 6.69. The zero-order valence-electron chi connectivity index (χ0n) is 15.2. The molecule has 0 saturated carbocycles. The van der Waals surface area contributed by atoms with Gasteiger partial charge in [-0.3, -0.25) is 14.5 Å². The van der Waals surface area contributed by atoms with Crippen molar-refractivity contribution in [3.8, 4) is 0 Å². The molecule has 0 radical (unpaired) electrons. The second-order valence-electron chi connectivity index (χ2n) is 5.86. The van der Waals surface area contributed by atoms with Gasteiger partial charge in [-0.15, -0.1) is 0 Å². The van der Waals surface area contributed by atoms with Crippen LogP contribution in [0.1, 0.15) is 6.92 Å². The molecule has 1 N–H and O–H groups in total. The number of anilines is 1. The van der Waals surface area contributed by atoms with Gasteiger partial charge < -0.3 is 15.0 Å². The quantitative estimate of drug-likeness (QED) is 0.533. The van der Waals surface area contributed by atoms with Gasteiger partial charge in [0, 0.05) is 18.8 Å². The second-order valence-corrected chi connectivity index (χ2v) is 6.86. The molecule has 1 aliphatic heterocycles. The van der Waals surface area contributed by atoms with Crippen LogP contribution in [0.5, 0.6) is 0 Å². The Labute approximate surface area is 161 Å². The number of esters is 1. The van der Waals surface area contributed by atoms with E-state index in [-0.39, 0.29) is 36.5 Å². The molecular formula is C18H22FN3O4S. The fraction of sp³-hybridized carbons (Fsp3) is 0.389. The summed E-state index contributed by atoms with van der Waals surface area (Å²) in [6.07, 6.45) is 1.32. The topological polar surface area (TPSA) is 79.0 Å². The Kier molecular flexibility index (Phi) is 7.81. The molecule has 2 rings (SSSR count). The van der Waals surface area contributed by atoms with Gasteiger partial charge in [-0.2, -0.15) is 0 Å². The highest BCUT2D eigenvalue weighted by molar-refractivity contribution is 8.04. The number of nitrogens with zero attached hydrogens (tertiary/aromatic N) is 2. The highest BCUT2D eigenvalue weighted by atomic mass is 32.2. The normalized spacial score (nSPS) is 15.5. The van der Waals surface area contributed by atoms with Crippen molar-refractivity contribution in [1.82, 2.24) is 9.80 Å². The van der Waals surface area contributed by atoms with Crippen molar-refractivity contribution < 1.29 is 23.5 Å². The molecule has 1 heterocycles. The van der Waals surface area contributed by atoms with E-state index in [0.29, 0.717) is 23.8 Å². The maximum atomic E-state index is 12.9. The summed E-state index contributed by atoms with van der Waals surface area (Å²) in [6, 6.07) is 5.51. The molecule has 9 heteroatoms. The highest BCUT2D eigenvalue weighted by Gasteiger charge is 2.27. The van der Waals surface area contributed by atoms with Crippen LogP contribution in [0.4, 0.5) is 10.1 Å². The van der Waals surface area contributed by atoms with Gasteiger partial charge in [0.15, 0.2) is 0 Å². The molecule has 1 aromatic rings. The SMILES string of the molecule is CCOC(=O)/C=C1\SCC(=O)N1CCN(C)CC(=O)Nc1ccc(F)cc1. The van der Waals surface area contributed by atoms with Gasteiger partial charge in [-0.1, -0.05) is 11.8 Å². The Morgan fingerprint density at radius 2 is 2.07 bits per heavy atom. The minimum Gasteiger partial charge on any atom is -0.463 e. The number of carbonyl (C=O) groups is 3. The summed E-state index contributed by atoms with van der Waals surface area (Å²) in [6.45, 7) is 2.91. The lowest BCUT2D eigenvalue weighted by Gasteiger charge is -2.22. The molecule has 27 heavy (non-hydrogen) atoms.